The van der Waals surface area contributed by atoms with Crippen LogP contribution in [0, 0.1) is 5.92 Å². The largest absolute Gasteiger partial charge is 0.368 e. The third kappa shape index (κ3) is 5.56. The van der Waals surface area contributed by atoms with Gasteiger partial charge in [-0.05, 0) is 42.7 Å². The number of aromatic nitrogens is 2. The van der Waals surface area contributed by atoms with E-state index in [0.717, 1.165) is 44.0 Å². The number of piperazine rings is 1. The highest BCUT2D eigenvalue weighted by Crippen LogP contribution is 2.17. The first-order valence-electron chi connectivity index (χ1n) is 11.5. The van der Waals surface area contributed by atoms with Crippen molar-refractivity contribution in [2.24, 2.45) is 5.92 Å². The summed E-state index contributed by atoms with van der Waals surface area (Å²) < 4.78 is 2.03. The highest BCUT2D eigenvalue weighted by atomic mass is 16.2. The zero-order valence-electron chi connectivity index (χ0n) is 19.1. The fourth-order valence-electron chi connectivity index (χ4n) is 4.18. The summed E-state index contributed by atoms with van der Waals surface area (Å²) in [5.74, 6) is 0.703. The highest BCUT2D eigenvalue weighted by Gasteiger charge is 2.21. The molecule has 32 heavy (non-hydrogen) atoms. The van der Waals surface area contributed by atoms with E-state index in [1.807, 2.05) is 33.8 Å². The summed E-state index contributed by atoms with van der Waals surface area (Å²) >= 11 is 0. The first-order chi connectivity index (χ1) is 15.6. The van der Waals surface area contributed by atoms with Gasteiger partial charge in [-0.3, -0.25) is 4.79 Å². The lowest BCUT2D eigenvalue weighted by Crippen LogP contribution is -2.50. The Morgan fingerprint density at radius 2 is 1.56 bits per heavy atom. The number of para-hydroxylation sites is 2. The lowest BCUT2D eigenvalue weighted by atomic mass is 10.1. The highest BCUT2D eigenvalue weighted by molar-refractivity contribution is 5.78. The summed E-state index contributed by atoms with van der Waals surface area (Å²) in [6.45, 7) is 8.62. The first-order valence-corrected chi connectivity index (χ1v) is 11.5. The molecule has 0 bridgehead atoms. The summed E-state index contributed by atoms with van der Waals surface area (Å²) in [4.78, 5) is 17.0. The van der Waals surface area contributed by atoms with Crippen LogP contribution in [0.25, 0.3) is 5.69 Å². The van der Waals surface area contributed by atoms with Crippen LogP contribution in [-0.4, -0.2) is 53.3 Å². The number of amides is 1. The van der Waals surface area contributed by atoms with E-state index in [2.05, 4.69) is 66.5 Å². The lowest BCUT2D eigenvalue weighted by Gasteiger charge is -2.36. The predicted molar refractivity (Wildman–Crippen MR) is 129 cm³/mol. The van der Waals surface area contributed by atoms with Crippen LogP contribution in [0.5, 0.6) is 0 Å². The van der Waals surface area contributed by atoms with Crippen LogP contribution in [0.2, 0.25) is 0 Å². The molecule has 4 rings (SSSR count). The summed E-state index contributed by atoms with van der Waals surface area (Å²) in [7, 11) is 0. The Labute approximate surface area is 190 Å². The molecule has 0 spiro atoms. The molecule has 2 heterocycles. The van der Waals surface area contributed by atoms with Gasteiger partial charge in [0.25, 0.3) is 0 Å². The van der Waals surface area contributed by atoms with Gasteiger partial charge >= 0.3 is 0 Å². The van der Waals surface area contributed by atoms with Crippen molar-refractivity contribution in [1.82, 2.24) is 20.0 Å². The van der Waals surface area contributed by atoms with Crippen LogP contribution in [0.3, 0.4) is 0 Å². The zero-order chi connectivity index (χ0) is 22.3. The van der Waals surface area contributed by atoms with Crippen molar-refractivity contribution >= 4 is 11.6 Å². The molecule has 0 saturated carbocycles. The molecule has 0 unspecified atom stereocenters. The molecule has 1 aromatic heterocycles. The van der Waals surface area contributed by atoms with E-state index >= 15 is 0 Å². The molecule has 6 nitrogen and oxygen atoms in total. The second-order valence-electron chi connectivity index (χ2n) is 8.78. The van der Waals surface area contributed by atoms with Crippen LogP contribution in [0.4, 0.5) is 5.69 Å². The van der Waals surface area contributed by atoms with Gasteiger partial charge in [0.05, 0.1) is 17.9 Å². The normalized spacial score (nSPS) is 14.2. The third-order valence-electron chi connectivity index (χ3n) is 5.79. The minimum atomic E-state index is 0.155. The van der Waals surface area contributed by atoms with Gasteiger partial charge in [-0.2, -0.15) is 5.10 Å². The number of hydrogen-bond acceptors (Lipinski definition) is 4. The predicted octanol–water partition coefficient (Wildman–Crippen LogP) is 3.51. The van der Waals surface area contributed by atoms with E-state index in [0.29, 0.717) is 19.0 Å². The van der Waals surface area contributed by atoms with Crippen molar-refractivity contribution in [2.45, 2.75) is 26.8 Å². The van der Waals surface area contributed by atoms with Crippen LogP contribution >= 0.6 is 0 Å². The third-order valence-corrected chi connectivity index (χ3v) is 5.79. The number of rotatable bonds is 8. The molecule has 3 aromatic rings. The van der Waals surface area contributed by atoms with Crippen molar-refractivity contribution in [2.75, 3.05) is 37.6 Å². The molecule has 1 saturated heterocycles. The topological polar surface area (TPSA) is 53.4 Å². The summed E-state index contributed by atoms with van der Waals surface area (Å²) in [6.07, 6.45) is 0.965. The van der Waals surface area contributed by atoms with Gasteiger partial charge in [-0.15, -0.1) is 0 Å². The summed E-state index contributed by atoms with van der Waals surface area (Å²) in [5, 5.41) is 8.12. The van der Waals surface area contributed by atoms with Crippen molar-refractivity contribution in [3.05, 3.63) is 78.1 Å². The van der Waals surface area contributed by atoms with Gasteiger partial charge in [0, 0.05) is 44.1 Å². The van der Waals surface area contributed by atoms with Crippen molar-refractivity contribution < 1.29 is 4.79 Å². The number of hydrogen-bond donors (Lipinski definition) is 1. The van der Waals surface area contributed by atoms with Gasteiger partial charge in [-0.1, -0.05) is 50.2 Å². The van der Waals surface area contributed by atoms with E-state index in [1.165, 1.54) is 11.4 Å². The Hall–Kier alpha value is -3.12. The van der Waals surface area contributed by atoms with E-state index < -0.39 is 0 Å². The van der Waals surface area contributed by atoms with Crippen LogP contribution in [-0.2, 0) is 17.8 Å². The van der Waals surface area contributed by atoms with Crippen molar-refractivity contribution in [3.8, 4) is 5.69 Å². The van der Waals surface area contributed by atoms with Crippen LogP contribution in [0.15, 0.2) is 66.7 Å². The Kier molecular flexibility index (Phi) is 7.22. The quantitative estimate of drug-likeness (QED) is 0.593. The summed E-state index contributed by atoms with van der Waals surface area (Å²) in [5.41, 5.74) is 4.46. The first kappa shape index (κ1) is 22.1. The molecule has 1 fully saturated rings. The standard InChI is InChI=1S/C26H33N5O/c1-21(2)17-25-18-22(28-31(25)24-11-7-4-8-12-24)19-27-20-26(32)30-15-13-29(14-16-30)23-9-5-3-6-10-23/h3-12,18,21,27H,13-17,19-20H2,1-2H3. The van der Waals surface area contributed by atoms with Crippen LogP contribution < -0.4 is 10.2 Å². The van der Waals surface area contributed by atoms with Crippen molar-refractivity contribution in [1.29, 1.82) is 0 Å². The molecule has 168 valence electrons. The monoisotopic (exact) mass is 431 g/mol. The number of nitrogens with zero attached hydrogens (tertiary/aromatic N) is 4. The minimum absolute atomic E-state index is 0.155. The minimum Gasteiger partial charge on any atom is -0.368 e. The number of carbonyl (C=O) groups excluding carboxylic acids is 1. The molecule has 1 aliphatic heterocycles. The Balaban J connectivity index is 1.30. The molecular weight excluding hydrogens is 398 g/mol. The second-order valence-corrected chi connectivity index (χ2v) is 8.78. The molecule has 1 amide bonds. The maximum atomic E-state index is 12.7. The van der Waals surface area contributed by atoms with Gasteiger partial charge in [0.15, 0.2) is 0 Å². The maximum Gasteiger partial charge on any atom is 0.236 e. The number of benzene rings is 2. The number of anilines is 1. The Bertz CT molecular complexity index is 992. The maximum absolute atomic E-state index is 12.7. The molecule has 1 aliphatic rings. The molecule has 6 heteroatoms. The smallest absolute Gasteiger partial charge is 0.236 e. The van der Waals surface area contributed by atoms with Gasteiger partial charge in [-0.25, -0.2) is 4.68 Å². The average Bonchev–Trinajstić information content (AvgIpc) is 3.22. The van der Waals surface area contributed by atoms with Crippen LogP contribution in [0.1, 0.15) is 25.2 Å². The van der Waals surface area contributed by atoms with E-state index in [1.54, 1.807) is 0 Å². The fraction of sp³-hybridized carbons (Fsp3) is 0.385. The number of carbonyl (C=O) groups is 1. The number of nitrogens with one attached hydrogen (secondary N) is 1. The molecule has 0 atom stereocenters. The summed E-state index contributed by atoms with van der Waals surface area (Å²) in [6, 6.07) is 22.8. The Morgan fingerprint density at radius 1 is 0.938 bits per heavy atom. The second kappa shape index (κ2) is 10.5. The van der Waals surface area contributed by atoms with Crippen molar-refractivity contribution in [3.63, 3.8) is 0 Å². The van der Waals surface area contributed by atoms with Gasteiger partial charge < -0.3 is 15.1 Å². The average molecular weight is 432 g/mol. The molecular formula is C26H33N5O. The van der Waals surface area contributed by atoms with E-state index in [4.69, 9.17) is 5.10 Å². The molecule has 0 aliphatic carbocycles. The van der Waals surface area contributed by atoms with Gasteiger partial charge in [0.2, 0.25) is 5.91 Å². The zero-order valence-corrected chi connectivity index (χ0v) is 19.1. The fourth-order valence-corrected chi connectivity index (χ4v) is 4.18. The van der Waals surface area contributed by atoms with Gasteiger partial charge in [0.1, 0.15) is 0 Å². The molecule has 0 radical (unpaired) electrons. The van der Waals surface area contributed by atoms with E-state index in [-0.39, 0.29) is 5.91 Å². The lowest BCUT2D eigenvalue weighted by molar-refractivity contribution is -0.130. The SMILES string of the molecule is CC(C)Cc1cc(CNCC(=O)N2CCN(c3ccccc3)CC2)nn1-c1ccccc1. The molecule has 1 N–H and O–H groups in total. The van der Waals surface area contributed by atoms with E-state index in [9.17, 15) is 4.79 Å². The Morgan fingerprint density at radius 3 is 2.19 bits per heavy atom. The molecule has 2 aromatic carbocycles.